The zero-order valence-electron chi connectivity index (χ0n) is 43.1. The van der Waals surface area contributed by atoms with Crippen molar-refractivity contribution in [3.63, 3.8) is 0 Å². The Morgan fingerprint density at radius 3 is 0.657 bits per heavy atom. The molecule has 0 aromatic rings. The fraction of sp³-hybridized carbons (Fsp3) is 0.852. The first-order valence-electron chi connectivity index (χ1n) is 28.2. The number of amides is 8. The van der Waals surface area contributed by atoms with Gasteiger partial charge >= 0.3 is 0 Å². The average Bonchev–Trinajstić information content (AvgIpc) is 4.19. The molecular formula is C54H86N8O8. The molecule has 8 amide bonds. The molecule has 0 radical (unpaired) electrons. The first kappa shape index (κ1) is 52.1. The highest BCUT2D eigenvalue weighted by molar-refractivity contribution is 5.82. The maximum Gasteiger partial charge on any atom is 0.222 e. The van der Waals surface area contributed by atoms with E-state index in [1.54, 1.807) is 0 Å². The van der Waals surface area contributed by atoms with Gasteiger partial charge in [0.15, 0.2) is 0 Å². The molecule has 8 rings (SSSR count). The van der Waals surface area contributed by atoms with Gasteiger partial charge in [0.1, 0.15) is 0 Å². The van der Waals surface area contributed by atoms with Crippen LogP contribution in [0.1, 0.15) is 188 Å². The Morgan fingerprint density at radius 1 is 0.286 bits per heavy atom. The van der Waals surface area contributed by atoms with E-state index in [0.717, 1.165) is 77.2 Å². The molecule has 8 saturated heterocycles. The molecular weight excluding hydrogens is 889 g/mol. The van der Waals surface area contributed by atoms with E-state index in [0.29, 0.717) is 148 Å². The summed E-state index contributed by atoms with van der Waals surface area (Å²) < 4.78 is 0. The summed E-state index contributed by atoms with van der Waals surface area (Å²) in [4.78, 5) is 126. The van der Waals surface area contributed by atoms with Crippen LogP contribution in [0.2, 0.25) is 0 Å². The highest BCUT2D eigenvalue weighted by Crippen LogP contribution is 2.37. The molecule has 8 aliphatic heterocycles. The molecule has 8 fully saturated rings. The number of carbonyl (C=O) groups is 8. The standard InChI is InChI=1S/C54H86N8O8/c1-4-39(5-2)31-41(57-24-8-16-49(57)65)33-43(59-26-10-18-51(59)67)35-45(61-28-12-20-53(61)69)37-46(62-29-13-21-54(62)70)36-44(60-27-11-19-52(60)68)34-42(58-25-9-17-50(58)66)32-40(56-23-7-15-48(56)64)30-38(3)55-22-6-14-47(55)63/h38-46H,4-37H2,1-3H3. The van der Waals surface area contributed by atoms with E-state index in [9.17, 15) is 38.4 Å². The maximum absolute atomic E-state index is 14.1. The summed E-state index contributed by atoms with van der Waals surface area (Å²) in [5, 5.41) is 0. The lowest BCUT2D eigenvalue weighted by molar-refractivity contribution is -0.135. The summed E-state index contributed by atoms with van der Waals surface area (Å²) in [6.45, 7) is 11.6. The lowest BCUT2D eigenvalue weighted by atomic mass is 9.85. The molecule has 0 bridgehead atoms. The van der Waals surface area contributed by atoms with Gasteiger partial charge in [-0.15, -0.1) is 0 Å². The lowest BCUT2D eigenvalue weighted by Gasteiger charge is -2.43. The van der Waals surface area contributed by atoms with Gasteiger partial charge in [-0.3, -0.25) is 38.4 Å². The molecule has 0 spiro atoms. The number of hydrogen-bond acceptors (Lipinski definition) is 8. The third kappa shape index (κ3) is 12.2. The van der Waals surface area contributed by atoms with Crippen molar-refractivity contribution in [1.82, 2.24) is 39.2 Å². The summed E-state index contributed by atoms with van der Waals surface area (Å²) >= 11 is 0. The highest BCUT2D eigenvalue weighted by atomic mass is 16.2. The van der Waals surface area contributed by atoms with E-state index < -0.39 is 0 Å². The van der Waals surface area contributed by atoms with Crippen molar-refractivity contribution in [2.45, 2.75) is 236 Å². The third-order valence-corrected chi connectivity index (χ3v) is 18.1. The van der Waals surface area contributed by atoms with Gasteiger partial charge in [0.05, 0.1) is 0 Å². The van der Waals surface area contributed by atoms with Crippen molar-refractivity contribution in [1.29, 1.82) is 0 Å². The number of rotatable bonds is 26. The van der Waals surface area contributed by atoms with Crippen molar-refractivity contribution in [3.8, 4) is 0 Å². The Hall–Kier alpha value is -4.24. The second kappa shape index (κ2) is 24.0. The molecule has 0 aliphatic carbocycles. The second-order valence-electron chi connectivity index (χ2n) is 22.5. The monoisotopic (exact) mass is 975 g/mol. The van der Waals surface area contributed by atoms with Crippen LogP contribution in [-0.2, 0) is 38.4 Å². The summed E-state index contributed by atoms with van der Waals surface area (Å²) in [5.41, 5.74) is 0. The van der Waals surface area contributed by atoms with Crippen LogP contribution in [0.3, 0.4) is 0 Å². The van der Waals surface area contributed by atoms with Gasteiger partial charge in [-0.2, -0.15) is 0 Å². The molecule has 0 aromatic carbocycles. The van der Waals surface area contributed by atoms with Crippen molar-refractivity contribution >= 4 is 47.3 Å². The molecule has 8 heterocycles. The number of hydrogen-bond donors (Lipinski definition) is 0. The summed E-state index contributed by atoms with van der Waals surface area (Å²) in [7, 11) is 0. The Morgan fingerprint density at radius 2 is 0.471 bits per heavy atom. The van der Waals surface area contributed by atoms with E-state index in [-0.39, 0.29) is 95.6 Å². The van der Waals surface area contributed by atoms with Gasteiger partial charge in [-0.1, -0.05) is 26.7 Å². The minimum absolute atomic E-state index is 0.0153. The zero-order valence-corrected chi connectivity index (χ0v) is 43.1. The molecule has 390 valence electrons. The number of likely N-dealkylation sites (tertiary alicyclic amines) is 8. The fourth-order valence-corrected chi connectivity index (χ4v) is 14.4. The molecule has 0 saturated carbocycles. The first-order chi connectivity index (χ1) is 33.8. The van der Waals surface area contributed by atoms with Gasteiger partial charge < -0.3 is 39.2 Å². The Balaban J connectivity index is 1.12. The van der Waals surface area contributed by atoms with Crippen LogP contribution in [0, 0.1) is 5.92 Å². The smallest absolute Gasteiger partial charge is 0.222 e. The highest BCUT2D eigenvalue weighted by Gasteiger charge is 2.44. The molecule has 8 atom stereocenters. The van der Waals surface area contributed by atoms with Crippen molar-refractivity contribution < 1.29 is 38.4 Å². The van der Waals surface area contributed by atoms with Crippen LogP contribution in [0.4, 0.5) is 0 Å². The quantitative estimate of drug-likeness (QED) is 0.110. The molecule has 16 nitrogen and oxygen atoms in total. The van der Waals surface area contributed by atoms with Gasteiger partial charge in [0.25, 0.3) is 0 Å². The molecule has 8 unspecified atom stereocenters. The fourth-order valence-electron chi connectivity index (χ4n) is 14.4. The van der Waals surface area contributed by atoms with Crippen molar-refractivity contribution in [2.75, 3.05) is 52.4 Å². The minimum atomic E-state index is -0.311. The SMILES string of the molecule is CCC(CC)CC(CC(CC(CC(CC(CC(CC(CC(C)N1CCCC1=O)N1CCCC1=O)N1CCCC1=O)N1CCCC1=O)N1CCCC1=O)N1CCCC1=O)N1CCCC1=O)N1CCCC1=O. The predicted octanol–water partition coefficient (Wildman–Crippen LogP) is 5.49. The number of nitrogens with zero attached hydrogens (tertiary/aromatic N) is 8. The molecule has 0 aromatic heterocycles. The Labute approximate surface area is 417 Å². The molecule has 0 N–H and O–H groups in total. The van der Waals surface area contributed by atoms with E-state index in [4.69, 9.17) is 0 Å². The van der Waals surface area contributed by atoms with Gasteiger partial charge in [-0.25, -0.2) is 0 Å². The topological polar surface area (TPSA) is 162 Å². The summed E-state index contributed by atoms with van der Waals surface area (Å²) in [6, 6.07) is -1.64. The van der Waals surface area contributed by atoms with E-state index in [2.05, 4.69) is 30.6 Å². The van der Waals surface area contributed by atoms with Gasteiger partial charge in [0.2, 0.25) is 47.3 Å². The van der Waals surface area contributed by atoms with E-state index in [1.165, 1.54) is 0 Å². The minimum Gasteiger partial charge on any atom is -0.340 e. The molecule has 8 aliphatic rings. The number of carbonyl (C=O) groups excluding carboxylic acids is 8. The molecule has 16 heteroatoms. The largest absolute Gasteiger partial charge is 0.340 e. The van der Waals surface area contributed by atoms with Crippen LogP contribution < -0.4 is 0 Å². The Bertz CT molecular complexity index is 1910. The average molecular weight is 975 g/mol. The van der Waals surface area contributed by atoms with E-state index in [1.807, 2.05) is 29.4 Å². The van der Waals surface area contributed by atoms with Crippen LogP contribution in [0.25, 0.3) is 0 Å². The second-order valence-corrected chi connectivity index (χ2v) is 22.5. The maximum atomic E-state index is 14.1. The lowest BCUT2D eigenvalue weighted by Crippen LogP contribution is -2.53. The van der Waals surface area contributed by atoms with Crippen LogP contribution in [0.5, 0.6) is 0 Å². The predicted molar refractivity (Wildman–Crippen MR) is 265 cm³/mol. The van der Waals surface area contributed by atoms with Gasteiger partial charge in [-0.05, 0) is 116 Å². The summed E-state index contributed by atoms with van der Waals surface area (Å²) in [6.07, 6.45) is 16.8. The normalized spacial score (nSPS) is 25.1. The van der Waals surface area contributed by atoms with Crippen molar-refractivity contribution in [2.24, 2.45) is 5.92 Å². The van der Waals surface area contributed by atoms with Gasteiger partial charge in [0, 0.05) is 152 Å². The summed E-state index contributed by atoms with van der Waals surface area (Å²) in [5.74, 6) is 1.36. The van der Waals surface area contributed by atoms with Crippen LogP contribution >= 0.6 is 0 Å². The zero-order chi connectivity index (χ0) is 49.5. The van der Waals surface area contributed by atoms with E-state index >= 15 is 0 Å². The van der Waals surface area contributed by atoms with Crippen LogP contribution in [0.15, 0.2) is 0 Å². The Kier molecular flexibility index (Phi) is 17.9. The first-order valence-corrected chi connectivity index (χ1v) is 28.2. The third-order valence-electron chi connectivity index (χ3n) is 18.1. The van der Waals surface area contributed by atoms with Crippen LogP contribution in [-0.4, -0.2) is 187 Å². The van der Waals surface area contributed by atoms with Crippen molar-refractivity contribution in [3.05, 3.63) is 0 Å². The molecule has 70 heavy (non-hydrogen) atoms.